The molecule has 3 nitrogen and oxygen atoms in total. The lowest BCUT2D eigenvalue weighted by Crippen LogP contribution is -2.02. The zero-order valence-corrected chi connectivity index (χ0v) is 11.5. The molecule has 104 valence electrons. The molecular formula is C15H14ClFN2O. The molecule has 0 saturated carbocycles. The molecule has 20 heavy (non-hydrogen) atoms. The molecule has 0 aliphatic heterocycles. The number of hydrogen-bond acceptors (Lipinski definition) is 3. The first kappa shape index (κ1) is 16.0. The van der Waals surface area contributed by atoms with Crippen LogP contribution in [-0.4, -0.2) is 6.54 Å². The van der Waals surface area contributed by atoms with E-state index in [1.54, 1.807) is 12.1 Å². The zero-order chi connectivity index (χ0) is 13.7. The van der Waals surface area contributed by atoms with Crippen LogP contribution in [0.5, 0.6) is 11.5 Å². The van der Waals surface area contributed by atoms with Gasteiger partial charge < -0.3 is 10.5 Å². The summed E-state index contributed by atoms with van der Waals surface area (Å²) in [6.45, 7) is 0.588. The molecular weight excluding hydrogens is 279 g/mol. The summed E-state index contributed by atoms with van der Waals surface area (Å²) in [7, 11) is 0. The van der Waals surface area contributed by atoms with Crippen molar-refractivity contribution < 1.29 is 9.13 Å². The van der Waals surface area contributed by atoms with Crippen molar-refractivity contribution in [2.45, 2.75) is 6.42 Å². The third-order valence-electron chi connectivity index (χ3n) is 2.65. The summed E-state index contributed by atoms with van der Waals surface area (Å²) in [5.74, 6) is 0.0973. The van der Waals surface area contributed by atoms with Crippen LogP contribution in [0.25, 0.3) is 0 Å². The molecule has 2 aromatic carbocycles. The molecule has 0 amide bonds. The van der Waals surface area contributed by atoms with Gasteiger partial charge >= 0.3 is 0 Å². The van der Waals surface area contributed by atoms with Gasteiger partial charge in [-0.25, -0.2) is 4.39 Å². The Morgan fingerprint density at radius 2 is 1.85 bits per heavy atom. The summed E-state index contributed by atoms with van der Waals surface area (Å²) >= 11 is 0. The quantitative estimate of drug-likeness (QED) is 0.939. The molecule has 0 bridgehead atoms. The molecule has 0 fully saturated rings. The number of halogens is 2. The van der Waals surface area contributed by atoms with Crippen LogP contribution in [-0.2, 0) is 6.42 Å². The van der Waals surface area contributed by atoms with Gasteiger partial charge in [-0.05, 0) is 48.9 Å². The van der Waals surface area contributed by atoms with Crippen LogP contribution in [0.3, 0.4) is 0 Å². The SMILES string of the molecule is Cl.N#Cc1ccc(Oc2ccc(CCN)cc2)c(F)c1. The zero-order valence-electron chi connectivity index (χ0n) is 10.7. The van der Waals surface area contributed by atoms with Crippen LogP contribution in [0, 0.1) is 17.1 Å². The molecule has 0 radical (unpaired) electrons. The molecule has 0 saturated heterocycles. The van der Waals surface area contributed by atoms with Gasteiger partial charge in [0.2, 0.25) is 0 Å². The molecule has 0 aliphatic rings. The predicted molar refractivity (Wildman–Crippen MR) is 77.6 cm³/mol. The monoisotopic (exact) mass is 292 g/mol. The summed E-state index contributed by atoms with van der Waals surface area (Å²) < 4.78 is 19.1. The van der Waals surface area contributed by atoms with Crippen LogP contribution in [0.15, 0.2) is 42.5 Å². The Morgan fingerprint density at radius 1 is 1.15 bits per heavy atom. The average Bonchev–Trinajstić information content (AvgIpc) is 2.43. The average molecular weight is 293 g/mol. The Labute approximate surface area is 123 Å². The maximum Gasteiger partial charge on any atom is 0.167 e. The first-order chi connectivity index (χ1) is 9.22. The highest BCUT2D eigenvalue weighted by atomic mass is 35.5. The van der Waals surface area contributed by atoms with Crippen molar-refractivity contribution in [3.05, 3.63) is 59.4 Å². The van der Waals surface area contributed by atoms with Crippen LogP contribution < -0.4 is 10.5 Å². The normalized spacial score (nSPS) is 9.45. The fourth-order valence-electron chi connectivity index (χ4n) is 1.67. The standard InChI is InChI=1S/C15H13FN2O.ClH/c16-14-9-12(10-18)3-6-15(14)19-13-4-1-11(2-5-13)7-8-17;/h1-6,9H,7-8,17H2;1H. The molecule has 5 heteroatoms. The lowest BCUT2D eigenvalue weighted by atomic mass is 10.1. The lowest BCUT2D eigenvalue weighted by molar-refractivity contribution is 0.442. The molecule has 0 aromatic heterocycles. The van der Waals surface area contributed by atoms with Gasteiger partial charge in [0.15, 0.2) is 11.6 Å². The second-order valence-electron chi connectivity index (χ2n) is 4.04. The largest absolute Gasteiger partial charge is 0.454 e. The number of hydrogen-bond donors (Lipinski definition) is 1. The van der Waals surface area contributed by atoms with Gasteiger partial charge in [0.25, 0.3) is 0 Å². The minimum atomic E-state index is -0.551. The fourth-order valence-corrected chi connectivity index (χ4v) is 1.67. The number of ether oxygens (including phenoxy) is 1. The van der Waals surface area contributed by atoms with Crippen molar-refractivity contribution in [1.82, 2.24) is 0 Å². The van der Waals surface area contributed by atoms with E-state index in [1.165, 1.54) is 12.1 Å². The molecule has 0 heterocycles. The van der Waals surface area contributed by atoms with E-state index in [2.05, 4.69) is 0 Å². The summed E-state index contributed by atoms with van der Waals surface area (Å²) in [5.41, 5.74) is 6.84. The minimum absolute atomic E-state index is 0. The van der Waals surface area contributed by atoms with Gasteiger partial charge in [-0.15, -0.1) is 12.4 Å². The van der Waals surface area contributed by atoms with Crippen molar-refractivity contribution in [1.29, 1.82) is 5.26 Å². The van der Waals surface area contributed by atoms with Crippen molar-refractivity contribution in [2.75, 3.05) is 6.54 Å². The number of rotatable bonds is 4. The topological polar surface area (TPSA) is 59.0 Å². The fraction of sp³-hybridized carbons (Fsp3) is 0.133. The van der Waals surface area contributed by atoms with Gasteiger partial charge in [-0.1, -0.05) is 12.1 Å². The van der Waals surface area contributed by atoms with Crippen LogP contribution >= 0.6 is 12.4 Å². The number of nitriles is 1. The molecule has 2 rings (SSSR count). The highest BCUT2D eigenvalue weighted by Gasteiger charge is 2.06. The van der Waals surface area contributed by atoms with Gasteiger partial charge in [0.1, 0.15) is 5.75 Å². The maximum absolute atomic E-state index is 13.6. The Kier molecular flexibility index (Phi) is 5.98. The molecule has 0 unspecified atom stereocenters. The van der Waals surface area contributed by atoms with Crippen LogP contribution in [0.2, 0.25) is 0 Å². The Bertz CT molecular complexity index is 608. The second-order valence-corrected chi connectivity index (χ2v) is 4.04. The summed E-state index contributed by atoms with van der Waals surface area (Å²) in [6, 6.07) is 13.3. The van der Waals surface area contributed by atoms with E-state index < -0.39 is 5.82 Å². The van der Waals surface area contributed by atoms with Gasteiger partial charge in [-0.3, -0.25) is 0 Å². The summed E-state index contributed by atoms with van der Waals surface area (Å²) in [6.07, 6.45) is 0.797. The van der Waals surface area contributed by atoms with E-state index in [9.17, 15) is 4.39 Å². The molecule has 0 aliphatic carbocycles. The Hall–Kier alpha value is -2.09. The third kappa shape index (κ3) is 3.95. The Morgan fingerprint density at radius 3 is 2.40 bits per heavy atom. The van der Waals surface area contributed by atoms with E-state index in [4.69, 9.17) is 15.7 Å². The first-order valence-electron chi connectivity index (χ1n) is 5.89. The predicted octanol–water partition coefficient (Wildman–Crippen LogP) is 3.41. The highest BCUT2D eigenvalue weighted by Crippen LogP contribution is 2.25. The first-order valence-corrected chi connectivity index (χ1v) is 5.89. The van der Waals surface area contributed by atoms with Crippen LogP contribution in [0.1, 0.15) is 11.1 Å². The van der Waals surface area contributed by atoms with E-state index in [0.29, 0.717) is 12.3 Å². The third-order valence-corrected chi connectivity index (χ3v) is 2.65. The summed E-state index contributed by atoms with van der Waals surface area (Å²) in [4.78, 5) is 0. The molecule has 2 N–H and O–H groups in total. The number of nitrogens with two attached hydrogens (primary N) is 1. The summed E-state index contributed by atoms with van der Waals surface area (Å²) in [5, 5.41) is 8.66. The van der Waals surface area contributed by atoms with Crippen LogP contribution in [0.4, 0.5) is 4.39 Å². The molecule has 0 atom stereocenters. The lowest BCUT2D eigenvalue weighted by Gasteiger charge is -2.07. The molecule has 0 spiro atoms. The van der Waals surface area contributed by atoms with Gasteiger partial charge in [0, 0.05) is 0 Å². The number of nitrogens with zero attached hydrogens (tertiary/aromatic N) is 1. The minimum Gasteiger partial charge on any atom is -0.454 e. The van der Waals surface area contributed by atoms with Gasteiger partial charge in [-0.2, -0.15) is 5.26 Å². The van der Waals surface area contributed by atoms with E-state index in [-0.39, 0.29) is 23.7 Å². The van der Waals surface area contributed by atoms with Crippen molar-refractivity contribution in [2.24, 2.45) is 5.73 Å². The van der Waals surface area contributed by atoms with Crippen molar-refractivity contribution in [3.63, 3.8) is 0 Å². The molecule has 2 aromatic rings. The highest BCUT2D eigenvalue weighted by molar-refractivity contribution is 5.85. The van der Waals surface area contributed by atoms with Gasteiger partial charge in [0.05, 0.1) is 11.6 Å². The van der Waals surface area contributed by atoms with E-state index in [1.807, 2.05) is 18.2 Å². The van der Waals surface area contributed by atoms with Crippen molar-refractivity contribution >= 4 is 12.4 Å². The maximum atomic E-state index is 13.6. The smallest absolute Gasteiger partial charge is 0.167 e. The van der Waals surface area contributed by atoms with E-state index >= 15 is 0 Å². The second kappa shape index (κ2) is 7.49. The van der Waals surface area contributed by atoms with Crippen molar-refractivity contribution in [3.8, 4) is 17.6 Å². The Balaban J connectivity index is 0.00000200. The van der Waals surface area contributed by atoms with E-state index in [0.717, 1.165) is 18.1 Å². The number of benzene rings is 2.